The Morgan fingerprint density at radius 3 is 2.36 bits per heavy atom. The molecular weight excluding hydrogens is 322 g/mol. The van der Waals surface area contributed by atoms with Gasteiger partial charge in [0.25, 0.3) is 0 Å². The molecule has 0 unspecified atom stereocenters. The maximum Gasteiger partial charge on any atom is 0.213 e. The van der Waals surface area contributed by atoms with Crippen molar-refractivity contribution < 1.29 is 4.57 Å². The number of pyridine rings is 1. The van der Waals surface area contributed by atoms with E-state index in [9.17, 15) is 0 Å². The number of fused-ring (bicyclic) bond motifs is 3. The smallest absolute Gasteiger partial charge is 0.200 e. The van der Waals surface area contributed by atoms with Crippen molar-refractivity contribution in [2.24, 2.45) is 7.05 Å². The predicted molar refractivity (Wildman–Crippen MR) is 108 cm³/mol. The minimum atomic E-state index is 1.26. The van der Waals surface area contributed by atoms with Gasteiger partial charge in [0, 0.05) is 11.5 Å². The quantitative estimate of drug-likeness (QED) is 0.329. The van der Waals surface area contributed by atoms with E-state index < -0.39 is 0 Å². The molecule has 5 aromatic rings. The third kappa shape index (κ3) is 2.25. The van der Waals surface area contributed by atoms with Crippen LogP contribution in [0.3, 0.4) is 0 Å². The lowest BCUT2D eigenvalue weighted by Gasteiger charge is -2.10. The standard InChI is InChI=1S/C23H18NS/c1-15-7-8-16-5-3-4-6-21(16)23(15)22-11-17-9-19-13-25-14-20(19)10-18(17)12-24(22)2/h3-14H,1-2H3/q+1. The number of aromatic nitrogens is 1. The Morgan fingerprint density at radius 2 is 1.52 bits per heavy atom. The predicted octanol–water partition coefficient (Wildman–Crippen LogP) is 6.01. The highest BCUT2D eigenvalue weighted by molar-refractivity contribution is 7.09. The topological polar surface area (TPSA) is 3.88 Å². The maximum absolute atomic E-state index is 2.33. The molecule has 0 aliphatic rings. The Bertz CT molecular complexity index is 1260. The molecule has 1 nitrogen and oxygen atoms in total. The maximum atomic E-state index is 2.33. The van der Waals surface area contributed by atoms with Crippen molar-refractivity contribution in [3.63, 3.8) is 0 Å². The van der Waals surface area contributed by atoms with Gasteiger partial charge in [0.15, 0.2) is 6.20 Å². The summed E-state index contributed by atoms with van der Waals surface area (Å²) in [4.78, 5) is 0. The second-order valence-electron chi connectivity index (χ2n) is 6.73. The molecule has 0 aliphatic heterocycles. The summed E-state index contributed by atoms with van der Waals surface area (Å²) in [5.41, 5.74) is 3.90. The number of thiophene rings is 1. The summed E-state index contributed by atoms with van der Waals surface area (Å²) in [7, 11) is 2.15. The summed E-state index contributed by atoms with van der Waals surface area (Å²) >= 11 is 1.77. The van der Waals surface area contributed by atoms with Crippen LogP contribution in [0.25, 0.3) is 43.6 Å². The molecule has 0 radical (unpaired) electrons. The number of nitrogens with zero attached hydrogens (tertiary/aromatic N) is 1. The zero-order chi connectivity index (χ0) is 17.0. The van der Waals surface area contributed by atoms with Gasteiger partial charge in [0.1, 0.15) is 7.05 Å². The fourth-order valence-corrected chi connectivity index (χ4v) is 4.56. The summed E-state index contributed by atoms with van der Waals surface area (Å²) in [6.07, 6.45) is 2.25. The molecule has 5 rings (SSSR count). The van der Waals surface area contributed by atoms with Crippen LogP contribution in [0.2, 0.25) is 0 Å². The SMILES string of the molecule is Cc1ccc2ccccc2c1-c1cc2cc3cscc3cc2c[n+]1C. The molecule has 0 atom stereocenters. The van der Waals surface area contributed by atoms with Crippen LogP contribution in [0.4, 0.5) is 0 Å². The minimum Gasteiger partial charge on any atom is -0.200 e. The van der Waals surface area contributed by atoms with Crippen molar-refractivity contribution in [1.29, 1.82) is 0 Å². The molecule has 0 saturated heterocycles. The van der Waals surface area contributed by atoms with Gasteiger partial charge in [-0.1, -0.05) is 36.4 Å². The van der Waals surface area contributed by atoms with Crippen molar-refractivity contribution in [2.45, 2.75) is 6.92 Å². The highest BCUT2D eigenvalue weighted by Gasteiger charge is 2.17. The van der Waals surface area contributed by atoms with Gasteiger partial charge in [-0.15, -0.1) is 0 Å². The Morgan fingerprint density at radius 1 is 0.760 bits per heavy atom. The molecule has 0 N–H and O–H groups in total. The third-order valence-corrected chi connectivity index (χ3v) is 5.86. The summed E-state index contributed by atoms with van der Waals surface area (Å²) in [6.45, 7) is 2.20. The molecule has 2 heteroatoms. The first-order chi connectivity index (χ1) is 12.2. The third-order valence-electron chi connectivity index (χ3n) is 5.08. The molecule has 2 aromatic heterocycles. The molecule has 0 spiro atoms. The zero-order valence-electron chi connectivity index (χ0n) is 14.3. The molecule has 3 aromatic carbocycles. The first kappa shape index (κ1) is 14.6. The van der Waals surface area contributed by atoms with Crippen molar-refractivity contribution >= 4 is 43.7 Å². The van der Waals surface area contributed by atoms with Crippen molar-refractivity contribution in [3.05, 3.63) is 77.1 Å². The first-order valence-electron chi connectivity index (χ1n) is 8.49. The van der Waals surface area contributed by atoms with Crippen LogP contribution >= 0.6 is 11.3 Å². The molecule has 0 amide bonds. The second kappa shape index (κ2) is 5.40. The molecule has 120 valence electrons. The molecule has 0 fully saturated rings. The minimum absolute atomic E-state index is 1.26. The Kier molecular flexibility index (Phi) is 3.16. The van der Waals surface area contributed by atoms with Gasteiger partial charge >= 0.3 is 0 Å². The Labute approximate surface area is 150 Å². The van der Waals surface area contributed by atoms with E-state index in [0.717, 1.165) is 0 Å². The van der Waals surface area contributed by atoms with Crippen LogP contribution in [-0.4, -0.2) is 0 Å². The average Bonchev–Trinajstić information content (AvgIpc) is 3.07. The molecular formula is C23H18NS+. The van der Waals surface area contributed by atoms with Crippen LogP contribution in [0.15, 0.2) is 71.6 Å². The van der Waals surface area contributed by atoms with E-state index in [2.05, 4.69) is 90.1 Å². The second-order valence-corrected chi connectivity index (χ2v) is 7.47. The molecule has 0 aliphatic carbocycles. The van der Waals surface area contributed by atoms with E-state index in [1.807, 2.05) is 0 Å². The zero-order valence-corrected chi connectivity index (χ0v) is 15.1. The number of aryl methyl sites for hydroxylation is 2. The first-order valence-corrected chi connectivity index (χ1v) is 9.43. The lowest BCUT2D eigenvalue weighted by Crippen LogP contribution is -2.30. The molecule has 0 saturated carbocycles. The highest BCUT2D eigenvalue weighted by atomic mass is 32.1. The van der Waals surface area contributed by atoms with E-state index in [-0.39, 0.29) is 0 Å². The van der Waals surface area contributed by atoms with Crippen molar-refractivity contribution in [2.75, 3.05) is 0 Å². The fourth-order valence-electron chi connectivity index (χ4n) is 3.79. The van der Waals surface area contributed by atoms with Crippen LogP contribution in [-0.2, 0) is 7.05 Å². The lowest BCUT2D eigenvalue weighted by molar-refractivity contribution is -0.659. The van der Waals surface area contributed by atoms with Crippen LogP contribution in [0.5, 0.6) is 0 Å². The number of benzene rings is 3. The average molecular weight is 340 g/mol. The number of hydrogen-bond acceptors (Lipinski definition) is 1. The van der Waals surface area contributed by atoms with E-state index in [4.69, 9.17) is 0 Å². The largest absolute Gasteiger partial charge is 0.213 e. The van der Waals surface area contributed by atoms with E-state index >= 15 is 0 Å². The van der Waals surface area contributed by atoms with Gasteiger partial charge in [-0.05, 0) is 62.3 Å². The summed E-state index contributed by atoms with van der Waals surface area (Å²) < 4.78 is 2.26. The fraction of sp³-hybridized carbons (Fsp3) is 0.0870. The van der Waals surface area contributed by atoms with E-state index in [1.165, 1.54) is 49.1 Å². The normalized spacial score (nSPS) is 11.6. The van der Waals surface area contributed by atoms with Crippen LogP contribution in [0.1, 0.15) is 5.56 Å². The van der Waals surface area contributed by atoms with E-state index in [1.54, 1.807) is 11.3 Å². The van der Waals surface area contributed by atoms with Gasteiger partial charge < -0.3 is 0 Å². The Balaban J connectivity index is 1.87. The van der Waals surface area contributed by atoms with Gasteiger partial charge in [0.2, 0.25) is 5.69 Å². The van der Waals surface area contributed by atoms with Crippen molar-refractivity contribution in [3.8, 4) is 11.3 Å². The molecule has 0 bridgehead atoms. The molecule has 2 heterocycles. The van der Waals surface area contributed by atoms with Gasteiger partial charge in [-0.3, -0.25) is 0 Å². The van der Waals surface area contributed by atoms with Crippen LogP contribution in [0, 0.1) is 6.92 Å². The van der Waals surface area contributed by atoms with Crippen LogP contribution < -0.4 is 4.57 Å². The Hall–Kier alpha value is -2.71. The summed E-state index contributed by atoms with van der Waals surface area (Å²) in [5.74, 6) is 0. The van der Waals surface area contributed by atoms with Gasteiger partial charge in [0.05, 0.1) is 5.56 Å². The monoisotopic (exact) mass is 340 g/mol. The van der Waals surface area contributed by atoms with Crippen molar-refractivity contribution in [1.82, 2.24) is 0 Å². The number of rotatable bonds is 1. The van der Waals surface area contributed by atoms with Gasteiger partial charge in [-0.2, -0.15) is 11.3 Å². The van der Waals surface area contributed by atoms with E-state index in [0.29, 0.717) is 0 Å². The molecule has 25 heavy (non-hydrogen) atoms. The lowest BCUT2D eigenvalue weighted by atomic mass is 9.95. The summed E-state index contributed by atoms with van der Waals surface area (Å²) in [5, 5.41) is 12.3. The summed E-state index contributed by atoms with van der Waals surface area (Å²) in [6, 6.07) is 20.0. The van der Waals surface area contributed by atoms with Gasteiger partial charge in [-0.25, -0.2) is 4.57 Å². The number of hydrogen-bond donors (Lipinski definition) is 0. The highest BCUT2D eigenvalue weighted by Crippen LogP contribution is 2.32.